The second kappa shape index (κ2) is 4.99. The van der Waals surface area contributed by atoms with Crippen LogP contribution < -0.4 is 5.19 Å². The number of fused-ring (bicyclic) bond motifs is 3. The van der Waals surface area contributed by atoms with E-state index in [1.54, 1.807) is 12.4 Å². The molecule has 0 N–H and O–H groups in total. The molecule has 5 heteroatoms. The number of hydrogen-bond donors (Lipinski definition) is 0. The van der Waals surface area contributed by atoms with Crippen LogP contribution in [0.4, 0.5) is 0 Å². The molecule has 4 aromatic rings. The molecular weight excluding hydrogens is 302 g/mol. The van der Waals surface area contributed by atoms with Gasteiger partial charge in [-0.25, -0.2) is 4.98 Å². The Morgan fingerprint density at radius 1 is 0.913 bits per heavy atom. The Morgan fingerprint density at radius 3 is 2.52 bits per heavy atom. The van der Waals surface area contributed by atoms with Gasteiger partial charge in [-0.3, -0.25) is 9.97 Å². The van der Waals surface area contributed by atoms with Crippen molar-refractivity contribution in [3.8, 4) is 11.3 Å². The van der Waals surface area contributed by atoms with Crippen LogP contribution in [0.15, 0.2) is 53.5 Å². The second-order valence-electron chi connectivity index (χ2n) is 6.70. The normalized spacial score (nSPS) is 12.1. The minimum atomic E-state index is -1.35. The highest BCUT2D eigenvalue weighted by molar-refractivity contribution is 6.88. The molecule has 0 aromatic carbocycles. The van der Waals surface area contributed by atoms with Crippen LogP contribution >= 0.6 is 0 Å². The molecule has 0 unspecified atom stereocenters. The Kier molecular flexibility index (Phi) is 3.06. The van der Waals surface area contributed by atoms with Gasteiger partial charge in [0.25, 0.3) is 0 Å². The van der Waals surface area contributed by atoms with E-state index in [9.17, 15) is 0 Å². The molecule has 4 nitrogen and oxygen atoms in total. The smallest absolute Gasteiger partial charge is 0.227 e. The fraction of sp³-hybridized carbons (Fsp3) is 0.167. The summed E-state index contributed by atoms with van der Waals surface area (Å²) >= 11 is 0. The van der Waals surface area contributed by atoms with Crippen molar-refractivity contribution in [2.24, 2.45) is 0 Å². The molecule has 114 valence electrons. The molecule has 0 bridgehead atoms. The summed E-state index contributed by atoms with van der Waals surface area (Å²) in [5.74, 6) is 0. The molecule has 4 aromatic heterocycles. The van der Waals surface area contributed by atoms with E-state index in [0.717, 1.165) is 27.6 Å². The fourth-order valence-electron chi connectivity index (χ4n) is 2.70. The Morgan fingerprint density at radius 2 is 1.78 bits per heavy atom. The van der Waals surface area contributed by atoms with Crippen LogP contribution in [0.2, 0.25) is 19.6 Å². The van der Waals surface area contributed by atoms with E-state index in [4.69, 9.17) is 4.42 Å². The predicted molar refractivity (Wildman–Crippen MR) is 95.5 cm³/mol. The van der Waals surface area contributed by atoms with E-state index in [0.29, 0.717) is 5.71 Å². The van der Waals surface area contributed by atoms with Crippen molar-refractivity contribution in [1.82, 2.24) is 15.0 Å². The lowest BCUT2D eigenvalue weighted by molar-refractivity contribution is 0.654. The van der Waals surface area contributed by atoms with Gasteiger partial charge >= 0.3 is 0 Å². The van der Waals surface area contributed by atoms with Crippen molar-refractivity contribution in [3.05, 3.63) is 49.1 Å². The first-order valence-corrected chi connectivity index (χ1v) is 11.1. The summed E-state index contributed by atoms with van der Waals surface area (Å²) in [5, 5.41) is 3.30. The maximum Gasteiger partial charge on any atom is 0.227 e. The van der Waals surface area contributed by atoms with Gasteiger partial charge in [-0.2, -0.15) is 0 Å². The van der Waals surface area contributed by atoms with Gasteiger partial charge in [0.2, 0.25) is 5.71 Å². The molecular formula is C18H17N3OSi. The summed E-state index contributed by atoms with van der Waals surface area (Å²) in [6.07, 6.45) is 7.35. The topological polar surface area (TPSA) is 51.8 Å². The quantitative estimate of drug-likeness (QED) is 0.524. The fourth-order valence-corrected chi connectivity index (χ4v) is 3.74. The van der Waals surface area contributed by atoms with Crippen LogP contribution in [-0.4, -0.2) is 23.0 Å². The maximum atomic E-state index is 5.95. The summed E-state index contributed by atoms with van der Waals surface area (Å²) in [7, 11) is -1.35. The highest BCUT2D eigenvalue weighted by atomic mass is 28.3. The second-order valence-corrected chi connectivity index (χ2v) is 11.8. The van der Waals surface area contributed by atoms with Gasteiger partial charge in [0.1, 0.15) is 5.58 Å². The van der Waals surface area contributed by atoms with Crippen LogP contribution in [-0.2, 0) is 0 Å². The molecule has 0 aliphatic rings. The van der Waals surface area contributed by atoms with Crippen LogP contribution in [0.25, 0.3) is 33.3 Å². The molecule has 4 heterocycles. The average molecular weight is 319 g/mol. The number of furan rings is 1. The SMILES string of the molecule is C[Si](C)(C)c1ccc(-c2cncc3c2oc2ncccc23)nc1. The van der Waals surface area contributed by atoms with Crippen LogP contribution in [0.1, 0.15) is 0 Å². The number of hydrogen-bond acceptors (Lipinski definition) is 4. The minimum Gasteiger partial charge on any atom is -0.437 e. The third kappa shape index (κ3) is 2.33. The van der Waals surface area contributed by atoms with Crippen molar-refractivity contribution in [2.75, 3.05) is 0 Å². The molecule has 0 radical (unpaired) electrons. The zero-order chi connectivity index (χ0) is 16.0. The summed E-state index contributed by atoms with van der Waals surface area (Å²) in [6.45, 7) is 6.95. The van der Waals surface area contributed by atoms with Gasteiger partial charge in [-0.05, 0) is 23.4 Å². The van der Waals surface area contributed by atoms with E-state index in [1.165, 1.54) is 5.19 Å². The third-order valence-corrected chi connectivity index (χ3v) is 6.09. The molecule has 0 amide bonds. The Hall–Kier alpha value is -2.53. The Bertz CT molecular complexity index is 1000. The van der Waals surface area contributed by atoms with Gasteiger partial charge in [0, 0.05) is 35.6 Å². The number of nitrogens with zero attached hydrogens (tertiary/aromatic N) is 3. The lowest BCUT2D eigenvalue weighted by Gasteiger charge is -2.16. The molecule has 4 rings (SSSR count). The van der Waals surface area contributed by atoms with Crippen LogP contribution in [0.5, 0.6) is 0 Å². The summed E-state index contributed by atoms with van der Waals surface area (Å²) in [4.78, 5) is 13.3. The lowest BCUT2D eigenvalue weighted by Crippen LogP contribution is -2.37. The van der Waals surface area contributed by atoms with Crippen molar-refractivity contribution in [3.63, 3.8) is 0 Å². The van der Waals surface area contributed by atoms with Crippen LogP contribution in [0.3, 0.4) is 0 Å². The first-order chi connectivity index (χ1) is 11.0. The molecule has 0 saturated heterocycles. The van der Waals surface area contributed by atoms with Gasteiger partial charge in [0.05, 0.1) is 19.3 Å². The van der Waals surface area contributed by atoms with Crippen molar-refractivity contribution in [1.29, 1.82) is 0 Å². The first-order valence-electron chi connectivity index (χ1n) is 7.62. The predicted octanol–water partition coefficient (Wildman–Crippen LogP) is 3.98. The molecule has 0 aliphatic heterocycles. The largest absolute Gasteiger partial charge is 0.437 e. The number of pyridine rings is 3. The van der Waals surface area contributed by atoms with E-state index in [-0.39, 0.29) is 0 Å². The average Bonchev–Trinajstić information content (AvgIpc) is 2.93. The van der Waals surface area contributed by atoms with Gasteiger partial charge in [0.15, 0.2) is 0 Å². The minimum absolute atomic E-state index is 0.635. The summed E-state index contributed by atoms with van der Waals surface area (Å²) < 4.78 is 5.95. The highest BCUT2D eigenvalue weighted by Gasteiger charge is 2.18. The maximum absolute atomic E-state index is 5.95. The number of rotatable bonds is 2. The van der Waals surface area contributed by atoms with E-state index in [1.807, 2.05) is 24.5 Å². The molecule has 23 heavy (non-hydrogen) atoms. The molecule has 0 saturated carbocycles. The van der Waals surface area contributed by atoms with Crippen molar-refractivity contribution in [2.45, 2.75) is 19.6 Å². The zero-order valence-electron chi connectivity index (χ0n) is 13.4. The van der Waals surface area contributed by atoms with Gasteiger partial charge in [-0.15, -0.1) is 0 Å². The zero-order valence-corrected chi connectivity index (χ0v) is 14.4. The van der Waals surface area contributed by atoms with Crippen LogP contribution in [0, 0.1) is 0 Å². The Balaban J connectivity index is 1.92. The highest BCUT2D eigenvalue weighted by Crippen LogP contribution is 2.32. The van der Waals surface area contributed by atoms with Crippen molar-refractivity contribution >= 4 is 35.3 Å². The van der Waals surface area contributed by atoms with Gasteiger partial charge < -0.3 is 4.42 Å². The molecule has 0 atom stereocenters. The van der Waals surface area contributed by atoms with Gasteiger partial charge in [-0.1, -0.05) is 25.7 Å². The molecule has 0 spiro atoms. The lowest BCUT2D eigenvalue weighted by atomic mass is 10.1. The van der Waals surface area contributed by atoms with E-state index < -0.39 is 8.07 Å². The Labute approximate surface area is 135 Å². The third-order valence-electron chi connectivity index (χ3n) is 4.06. The van der Waals surface area contributed by atoms with Crippen molar-refractivity contribution < 1.29 is 4.42 Å². The van der Waals surface area contributed by atoms with E-state index in [2.05, 4.69) is 46.7 Å². The standard InChI is InChI=1S/C18H17N3OSi/c1-23(2,3)12-6-7-16(21-9-12)15-11-19-10-14-13-5-4-8-20-18(13)22-17(14)15/h4-11H,1-3H3. The monoisotopic (exact) mass is 319 g/mol. The number of aromatic nitrogens is 3. The molecule has 0 fully saturated rings. The summed E-state index contributed by atoms with van der Waals surface area (Å²) in [5.41, 5.74) is 3.21. The first kappa shape index (κ1) is 14.1. The molecule has 0 aliphatic carbocycles. The van der Waals surface area contributed by atoms with E-state index >= 15 is 0 Å². The summed E-state index contributed by atoms with van der Waals surface area (Å²) in [6, 6.07) is 8.14.